The zero-order valence-electron chi connectivity index (χ0n) is 11.0. The highest BCUT2D eigenvalue weighted by Crippen LogP contribution is 2.41. The fraction of sp³-hybridized carbons (Fsp3) is 0. The Bertz CT molecular complexity index is 826. The van der Waals surface area contributed by atoms with Crippen LogP contribution in [0.25, 0.3) is 5.57 Å². The van der Waals surface area contributed by atoms with Crippen LogP contribution in [0.4, 0.5) is 5.69 Å². The maximum absolute atomic E-state index is 12.3. The van der Waals surface area contributed by atoms with Crippen LogP contribution in [0.15, 0.2) is 42.5 Å². The predicted octanol–water partition coefficient (Wildman–Crippen LogP) is 4.87. The lowest BCUT2D eigenvalue weighted by Gasteiger charge is -2.03. The Morgan fingerprint density at radius 2 is 1.59 bits per heavy atom. The smallest absolute Gasteiger partial charge is 0.256 e. The van der Waals surface area contributed by atoms with Gasteiger partial charge in [0.1, 0.15) is 0 Å². The maximum Gasteiger partial charge on any atom is 0.256 e. The Hall–Kier alpha value is -1.81. The van der Waals surface area contributed by atoms with Gasteiger partial charge in [0.25, 0.3) is 5.91 Å². The number of hydrogen-bond acceptors (Lipinski definition) is 2. The van der Waals surface area contributed by atoms with Crippen LogP contribution in [-0.2, 0) is 4.79 Å². The molecule has 2 aromatic rings. The molecule has 1 aliphatic rings. The average molecular weight is 353 g/mol. The van der Waals surface area contributed by atoms with Crippen LogP contribution in [0, 0.1) is 0 Å². The van der Waals surface area contributed by atoms with Gasteiger partial charge in [-0.3, -0.25) is 9.59 Å². The fourth-order valence-electron chi connectivity index (χ4n) is 2.20. The zero-order chi connectivity index (χ0) is 15.9. The monoisotopic (exact) mass is 351 g/mol. The van der Waals surface area contributed by atoms with Gasteiger partial charge in [0.15, 0.2) is 5.78 Å². The summed E-state index contributed by atoms with van der Waals surface area (Å²) >= 11 is 18.0. The summed E-state index contributed by atoms with van der Waals surface area (Å²) in [6.07, 6.45) is 1.26. The molecular formula is C16H8Cl3NO2. The van der Waals surface area contributed by atoms with Gasteiger partial charge >= 0.3 is 0 Å². The van der Waals surface area contributed by atoms with Crippen molar-refractivity contribution in [3.8, 4) is 0 Å². The third-order valence-electron chi connectivity index (χ3n) is 3.26. The molecule has 0 saturated heterocycles. The second kappa shape index (κ2) is 5.76. The SMILES string of the molecule is O=C1Nc2c(Cl)ccc(Cl)c2/C1=C/C(=O)c1ccc(Cl)cc1. The molecule has 110 valence electrons. The Morgan fingerprint density at radius 3 is 2.27 bits per heavy atom. The number of rotatable bonds is 2. The van der Waals surface area contributed by atoms with Crippen LogP contribution in [-0.4, -0.2) is 11.7 Å². The van der Waals surface area contributed by atoms with E-state index in [9.17, 15) is 9.59 Å². The fourth-order valence-corrected chi connectivity index (χ4v) is 2.79. The van der Waals surface area contributed by atoms with Gasteiger partial charge in [-0.05, 0) is 42.5 Å². The minimum absolute atomic E-state index is 0.197. The number of benzene rings is 2. The molecule has 0 unspecified atom stereocenters. The van der Waals surface area contributed by atoms with Gasteiger partial charge in [-0.25, -0.2) is 0 Å². The summed E-state index contributed by atoms with van der Waals surface area (Å²) in [5, 5.41) is 3.88. The van der Waals surface area contributed by atoms with Crippen molar-refractivity contribution >= 4 is 57.8 Å². The number of ketones is 1. The van der Waals surface area contributed by atoms with Crippen LogP contribution in [0.3, 0.4) is 0 Å². The summed E-state index contributed by atoms with van der Waals surface area (Å²) in [6.45, 7) is 0. The first-order valence-corrected chi connectivity index (χ1v) is 7.42. The van der Waals surface area contributed by atoms with Crippen molar-refractivity contribution in [2.24, 2.45) is 0 Å². The highest BCUT2D eigenvalue weighted by atomic mass is 35.5. The van der Waals surface area contributed by atoms with E-state index >= 15 is 0 Å². The van der Waals surface area contributed by atoms with Gasteiger partial charge in [0.2, 0.25) is 0 Å². The second-order valence-electron chi connectivity index (χ2n) is 4.66. The van der Waals surface area contributed by atoms with Gasteiger partial charge in [-0.2, -0.15) is 0 Å². The molecule has 2 aromatic carbocycles. The number of carbonyl (C=O) groups excluding carboxylic acids is 2. The Balaban J connectivity index is 2.06. The quantitative estimate of drug-likeness (QED) is 0.619. The largest absolute Gasteiger partial charge is 0.320 e. The Morgan fingerprint density at radius 1 is 0.955 bits per heavy atom. The van der Waals surface area contributed by atoms with Crippen molar-refractivity contribution < 1.29 is 9.59 Å². The van der Waals surface area contributed by atoms with E-state index in [1.165, 1.54) is 6.08 Å². The third kappa shape index (κ3) is 2.63. The molecule has 0 aliphatic carbocycles. The number of amides is 1. The molecule has 0 radical (unpaired) electrons. The summed E-state index contributed by atoms with van der Waals surface area (Å²) in [4.78, 5) is 24.4. The first-order chi connectivity index (χ1) is 10.5. The van der Waals surface area contributed by atoms with Gasteiger partial charge in [0, 0.05) is 16.1 Å². The lowest BCUT2D eigenvalue weighted by Crippen LogP contribution is -2.06. The molecule has 1 amide bonds. The number of carbonyl (C=O) groups is 2. The van der Waals surface area contributed by atoms with Crippen LogP contribution < -0.4 is 5.32 Å². The van der Waals surface area contributed by atoms with Gasteiger partial charge < -0.3 is 5.32 Å². The number of fused-ring (bicyclic) bond motifs is 1. The van der Waals surface area contributed by atoms with Crippen molar-refractivity contribution in [3.05, 3.63) is 68.7 Å². The summed E-state index contributed by atoms with van der Waals surface area (Å²) < 4.78 is 0. The molecule has 22 heavy (non-hydrogen) atoms. The van der Waals surface area contributed by atoms with Crippen molar-refractivity contribution in [2.75, 3.05) is 5.32 Å². The van der Waals surface area contributed by atoms with Gasteiger partial charge in [-0.15, -0.1) is 0 Å². The molecule has 0 bridgehead atoms. The topological polar surface area (TPSA) is 46.2 Å². The molecule has 6 heteroatoms. The maximum atomic E-state index is 12.3. The third-order valence-corrected chi connectivity index (χ3v) is 4.14. The van der Waals surface area contributed by atoms with E-state index in [0.29, 0.717) is 31.9 Å². The van der Waals surface area contributed by atoms with E-state index in [2.05, 4.69) is 5.32 Å². The van der Waals surface area contributed by atoms with E-state index in [1.54, 1.807) is 36.4 Å². The lowest BCUT2D eigenvalue weighted by atomic mass is 10.0. The molecule has 1 heterocycles. The standard InChI is InChI=1S/C16H8Cl3NO2/c17-9-3-1-8(2-4-9)13(21)7-10-14-11(18)5-6-12(19)15(14)20-16(10)22/h1-7H,(H,20,22)/b10-7-. The minimum Gasteiger partial charge on any atom is -0.320 e. The highest BCUT2D eigenvalue weighted by Gasteiger charge is 2.29. The summed E-state index contributed by atoms with van der Waals surface area (Å²) in [6, 6.07) is 9.58. The molecule has 3 rings (SSSR count). The summed E-state index contributed by atoms with van der Waals surface area (Å²) in [5.74, 6) is -0.724. The molecule has 1 N–H and O–H groups in total. The number of halogens is 3. The van der Waals surface area contributed by atoms with Crippen LogP contribution in [0.1, 0.15) is 15.9 Å². The van der Waals surface area contributed by atoms with Gasteiger partial charge in [0.05, 0.1) is 21.3 Å². The molecular weight excluding hydrogens is 345 g/mol. The molecule has 0 fully saturated rings. The lowest BCUT2D eigenvalue weighted by molar-refractivity contribution is -0.110. The van der Waals surface area contributed by atoms with Crippen LogP contribution in [0.5, 0.6) is 0 Å². The first kappa shape index (κ1) is 15.1. The van der Waals surface area contributed by atoms with E-state index in [4.69, 9.17) is 34.8 Å². The summed E-state index contributed by atoms with van der Waals surface area (Å²) in [5.41, 5.74) is 1.49. The van der Waals surface area contributed by atoms with Crippen LogP contribution in [0.2, 0.25) is 15.1 Å². The van der Waals surface area contributed by atoms with E-state index in [1.807, 2.05) is 0 Å². The Kier molecular flexibility index (Phi) is 3.96. The number of allylic oxidation sites excluding steroid dienone is 1. The van der Waals surface area contributed by atoms with Crippen molar-refractivity contribution in [3.63, 3.8) is 0 Å². The molecule has 0 saturated carbocycles. The normalized spacial score (nSPS) is 14.9. The Labute approximate surface area is 141 Å². The zero-order valence-corrected chi connectivity index (χ0v) is 13.3. The van der Waals surface area contributed by atoms with Crippen molar-refractivity contribution in [2.45, 2.75) is 0 Å². The highest BCUT2D eigenvalue weighted by molar-refractivity contribution is 6.45. The molecule has 0 atom stereocenters. The first-order valence-electron chi connectivity index (χ1n) is 6.28. The molecule has 3 nitrogen and oxygen atoms in total. The number of anilines is 1. The van der Waals surface area contributed by atoms with Crippen molar-refractivity contribution in [1.29, 1.82) is 0 Å². The van der Waals surface area contributed by atoms with Gasteiger partial charge in [-0.1, -0.05) is 34.8 Å². The van der Waals surface area contributed by atoms with E-state index in [-0.39, 0.29) is 11.4 Å². The number of nitrogens with one attached hydrogen (secondary N) is 1. The number of hydrogen-bond donors (Lipinski definition) is 1. The molecule has 0 aromatic heterocycles. The average Bonchev–Trinajstić information content (AvgIpc) is 2.82. The molecule has 0 spiro atoms. The predicted molar refractivity (Wildman–Crippen MR) is 88.9 cm³/mol. The summed E-state index contributed by atoms with van der Waals surface area (Å²) in [7, 11) is 0. The minimum atomic E-state index is -0.410. The second-order valence-corrected chi connectivity index (χ2v) is 5.91. The van der Waals surface area contributed by atoms with Crippen molar-refractivity contribution in [1.82, 2.24) is 0 Å². The van der Waals surface area contributed by atoms with E-state index < -0.39 is 5.91 Å². The molecule has 1 aliphatic heterocycles. The van der Waals surface area contributed by atoms with E-state index in [0.717, 1.165) is 0 Å². The van der Waals surface area contributed by atoms with Crippen LogP contribution >= 0.6 is 34.8 Å².